The lowest BCUT2D eigenvalue weighted by molar-refractivity contribution is -0.115. The number of hydrogen-bond acceptors (Lipinski definition) is 6. The third-order valence-corrected chi connectivity index (χ3v) is 4.85. The largest absolute Gasteiger partial charge is 0.496 e. The summed E-state index contributed by atoms with van der Waals surface area (Å²) in [5, 5.41) is 3.31. The number of aryl methyl sites for hydroxylation is 1. The van der Waals surface area contributed by atoms with E-state index in [1.54, 1.807) is 39.5 Å². The van der Waals surface area contributed by atoms with Crippen LogP contribution in [0, 0.1) is 6.92 Å². The van der Waals surface area contributed by atoms with E-state index in [9.17, 15) is 4.79 Å². The summed E-state index contributed by atoms with van der Waals surface area (Å²) in [7, 11) is 4.69. The van der Waals surface area contributed by atoms with Crippen molar-refractivity contribution in [3.05, 3.63) is 52.4 Å². The van der Waals surface area contributed by atoms with Gasteiger partial charge in [0.25, 0.3) is 5.91 Å². The number of ether oxygens (including phenoxy) is 3. The monoisotopic (exact) mass is 384 g/mol. The number of rotatable bonds is 5. The van der Waals surface area contributed by atoms with Gasteiger partial charge in [0.2, 0.25) is 0 Å². The van der Waals surface area contributed by atoms with E-state index in [-0.39, 0.29) is 5.91 Å². The van der Waals surface area contributed by atoms with Crippen LogP contribution < -0.4 is 19.5 Å². The Kier molecular flexibility index (Phi) is 5.71. The van der Waals surface area contributed by atoms with Crippen molar-refractivity contribution in [2.24, 2.45) is 4.99 Å². The molecule has 1 fully saturated rings. The summed E-state index contributed by atoms with van der Waals surface area (Å²) >= 11 is 1.27. The molecular weight excluding hydrogens is 364 g/mol. The van der Waals surface area contributed by atoms with Gasteiger partial charge < -0.3 is 19.5 Å². The molecule has 6 nitrogen and oxygen atoms in total. The number of methoxy groups -OCH3 is 3. The van der Waals surface area contributed by atoms with E-state index in [2.05, 4.69) is 10.3 Å². The lowest BCUT2D eigenvalue weighted by atomic mass is 10.1. The summed E-state index contributed by atoms with van der Waals surface area (Å²) in [6, 6.07) is 11.3. The van der Waals surface area contributed by atoms with E-state index < -0.39 is 0 Å². The van der Waals surface area contributed by atoms with Crippen molar-refractivity contribution in [3.63, 3.8) is 0 Å². The van der Waals surface area contributed by atoms with Gasteiger partial charge in [0.05, 0.1) is 37.5 Å². The average Bonchev–Trinajstić information content (AvgIpc) is 3.02. The number of amidine groups is 1. The summed E-state index contributed by atoms with van der Waals surface area (Å²) in [6.07, 6.45) is 1.73. The van der Waals surface area contributed by atoms with Gasteiger partial charge in [-0.25, -0.2) is 4.99 Å². The lowest BCUT2D eigenvalue weighted by Crippen LogP contribution is -2.19. The molecule has 3 rings (SSSR count). The number of nitrogens with one attached hydrogen (secondary N) is 1. The minimum Gasteiger partial charge on any atom is -0.496 e. The van der Waals surface area contributed by atoms with E-state index in [1.165, 1.54) is 11.8 Å². The van der Waals surface area contributed by atoms with Gasteiger partial charge in [-0.1, -0.05) is 17.7 Å². The summed E-state index contributed by atoms with van der Waals surface area (Å²) in [5.74, 6) is 1.49. The zero-order valence-corrected chi connectivity index (χ0v) is 16.3. The van der Waals surface area contributed by atoms with Crippen LogP contribution in [0.25, 0.3) is 6.08 Å². The van der Waals surface area contributed by atoms with Gasteiger partial charge in [0, 0.05) is 12.1 Å². The molecule has 0 spiro atoms. The minimum absolute atomic E-state index is 0.217. The molecule has 0 saturated carbocycles. The second-order valence-electron chi connectivity index (χ2n) is 5.76. The van der Waals surface area contributed by atoms with Crippen molar-refractivity contribution in [2.45, 2.75) is 6.92 Å². The molecule has 2 aromatic rings. The molecule has 0 bridgehead atoms. The molecule has 1 heterocycles. The standard InChI is InChI=1S/C20H20N2O4S/c1-12-5-7-13(8-6-12)21-20-22-19(23)18(27-20)11-15-16(25-3)9-14(24-2)10-17(15)26-4/h5-11H,1-4H3,(H,21,22,23). The highest BCUT2D eigenvalue weighted by Crippen LogP contribution is 2.38. The molecule has 0 aliphatic carbocycles. The van der Waals surface area contributed by atoms with Crippen LogP contribution in [0.15, 0.2) is 46.3 Å². The highest BCUT2D eigenvalue weighted by molar-refractivity contribution is 8.18. The quantitative estimate of drug-likeness (QED) is 0.792. The lowest BCUT2D eigenvalue weighted by Gasteiger charge is -2.12. The predicted octanol–water partition coefficient (Wildman–Crippen LogP) is 3.91. The third kappa shape index (κ3) is 4.25. The Labute approximate surface area is 162 Å². The summed E-state index contributed by atoms with van der Waals surface area (Å²) in [5.41, 5.74) is 2.60. The van der Waals surface area contributed by atoms with Crippen LogP contribution in [0.4, 0.5) is 5.69 Å². The number of carbonyl (C=O) groups excluding carboxylic acids is 1. The molecule has 140 valence electrons. The number of benzene rings is 2. The van der Waals surface area contributed by atoms with Crippen molar-refractivity contribution in [2.75, 3.05) is 21.3 Å². The summed E-state index contributed by atoms with van der Waals surface area (Å²) in [4.78, 5) is 17.3. The van der Waals surface area contributed by atoms with Crippen LogP contribution in [-0.2, 0) is 4.79 Å². The van der Waals surface area contributed by atoms with Crippen LogP contribution in [-0.4, -0.2) is 32.4 Å². The molecule has 0 atom stereocenters. The molecule has 1 saturated heterocycles. The molecule has 1 aliphatic heterocycles. The van der Waals surface area contributed by atoms with Gasteiger partial charge in [-0.15, -0.1) is 0 Å². The first-order valence-corrected chi connectivity index (χ1v) is 9.02. The van der Waals surface area contributed by atoms with Gasteiger partial charge in [0.1, 0.15) is 17.2 Å². The maximum Gasteiger partial charge on any atom is 0.264 e. The maximum absolute atomic E-state index is 12.4. The van der Waals surface area contributed by atoms with Crippen molar-refractivity contribution >= 4 is 34.6 Å². The zero-order chi connectivity index (χ0) is 19.4. The summed E-state index contributed by atoms with van der Waals surface area (Å²) < 4.78 is 16.1. The Hall–Kier alpha value is -2.93. The van der Waals surface area contributed by atoms with Gasteiger partial charge in [0.15, 0.2) is 5.17 Å². The fourth-order valence-corrected chi connectivity index (χ4v) is 3.35. The van der Waals surface area contributed by atoms with E-state index in [4.69, 9.17) is 14.2 Å². The normalized spacial score (nSPS) is 16.5. The highest BCUT2D eigenvalue weighted by atomic mass is 32.2. The van der Waals surface area contributed by atoms with Crippen LogP contribution >= 0.6 is 11.8 Å². The first-order chi connectivity index (χ1) is 13.0. The fourth-order valence-electron chi connectivity index (χ4n) is 2.52. The zero-order valence-electron chi connectivity index (χ0n) is 15.5. The van der Waals surface area contributed by atoms with E-state index in [1.807, 2.05) is 31.2 Å². The van der Waals surface area contributed by atoms with Crippen molar-refractivity contribution < 1.29 is 19.0 Å². The maximum atomic E-state index is 12.4. The second-order valence-corrected chi connectivity index (χ2v) is 6.79. The molecule has 27 heavy (non-hydrogen) atoms. The Morgan fingerprint density at radius 1 is 1.00 bits per heavy atom. The van der Waals surface area contributed by atoms with Crippen molar-refractivity contribution in [1.29, 1.82) is 0 Å². The highest BCUT2D eigenvalue weighted by Gasteiger charge is 2.25. The van der Waals surface area contributed by atoms with Crippen molar-refractivity contribution in [3.8, 4) is 17.2 Å². The number of aliphatic imine (C=N–C) groups is 1. The fraction of sp³-hybridized carbons (Fsp3) is 0.200. The van der Waals surface area contributed by atoms with E-state index in [0.29, 0.717) is 32.9 Å². The average molecular weight is 384 g/mol. The van der Waals surface area contributed by atoms with Crippen LogP contribution in [0.1, 0.15) is 11.1 Å². The SMILES string of the molecule is COc1cc(OC)c(C=C2SC(=Nc3ccc(C)cc3)NC2=O)c(OC)c1. The molecule has 1 N–H and O–H groups in total. The molecule has 0 aromatic heterocycles. The third-order valence-electron chi connectivity index (χ3n) is 3.94. The van der Waals surface area contributed by atoms with Crippen molar-refractivity contribution in [1.82, 2.24) is 5.32 Å². The van der Waals surface area contributed by atoms with Gasteiger partial charge in [-0.05, 0) is 36.9 Å². The minimum atomic E-state index is -0.217. The van der Waals surface area contributed by atoms with E-state index >= 15 is 0 Å². The first-order valence-electron chi connectivity index (χ1n) is 8.20. The van der Waals surface area contributed by atoms with Crippen LogP contribution in [0.2, 0.25) is 0 Å². The molecule has 2 aromatic carbocycles. The second kappa shape index (κ2) is 8.18. The smallest absolute Gasteiger partial charge is 0.264 e. The number of carbonyl (C=O) groups is 1. The van der Waals surface area contributed by atoms with E-state index in [0.717, 1.165) is 11.3 Å². The van der Waals surface area contributed by atoms with Gasteiger partial charge in [-0.3, -0.25) is 4.79 Å². The Morgan fingerprint density at radius 3 is 2.19 bits per heavy atom. The number of hydrogen-bond donors (Lipinski definition) is 1. The van der Waals surface area contributed by atoms with Crippen LogP contribution in [0.3, 0.4) is 0 Å². The Balaban J connectivity index is 1.94. The first kappa shape index (κ1) is 18.8. The topological polar surface area (TPSA) is 69.2 Å². The molecule has 7 heteroatoms. The molecule has 1 aliphatic rings. The molecule has 1 amide bonds. The number of nitrogens with zero attached hydrogens (tertiary/aromatic N) is 1. The van der Waals surface area contributed by atoms with Gasteiger partial charge >= 0.3 is 0 Å². The van der Waals surface area contributed by atoms with Crippen LogP contribution in [0.5, 0.6) is 17.2 Å². The number of amides is 1. The molecular formula is C20H20N2O4S. The molecule has 0 radical (unpaired) electrons. The molecule has 0 unspecified atom stereocenters. The summed E-state index contributed by atoms with van der Waals surface area (Å²) in [6.45, 7) is 2.01. The Bertz CT molecular complexity index is 895. The predicted molar refractivity (Wildman–Crippen MR) is 108 cm³/mol. The number of thioether (sulfide) groups is 1. The van der Waals surface area contributed by atoms with Gasteiger partial charge in [-0.2, -0.15) is 0 Å². The Morgan fingerprint density at radius 2 is 1.63 bits per heavy atom.